The third-order valence-electron chi connectivity index (χ3n) is 3.66. The van der Waals surface area contributed by atoms with Crippen LogP contribution >= 0.6 is 15.9 Å². The molecule has 6 heteroatoms. The summed E-state index contributed by atoms with van der Waals surface area (Å²) in [5.74, 6) is 5.73. The van der Waals surface area contributed by atoms with Gasteiger partial charge in [-0.05, 0) is 60.3 Å². The standard InChI is InChI=1S/C15H22BrN5/c1-3-21-14(15(16)11(2)20-21)10-13(19-17)5-4-12-6-8-18-9-7-12/h6-9,13,19H,3-5,10,17H2,1-2H3. The van der Waals surface area contributed by atoms with Crippen molar-refractivity contribution in [2.24, 2.45) is 5.84 Å². The molecular weight excluding hydrogens is 330 g/mol. The molecule has 0 aliphatic carbocycles. The van der Waals surface area contributed by atoms with E-state index in [9.17, 15) is 0 Å². The van der Waals surface area contributed by atoms with E-state index in [2.05, 4.69) is 38.4 Å². The highest BCUT2D eigenvalue weighted by molar-refractivity contribution is 9.10. The second kappa shape index (κ2) is 7.68. The highest BCUT2D eigenvalue weighted by Crippen LogP contribution is 2.23. The summed E-state index contributed by atoms with van der Waals surface area (Å²) < 4.78 is 3.13. The third kappa shape index (κ3) is 4.12. The molecule has 5 nitrogen and oxygen atoms in total. The van der Waals surface area contributed by atoms with E-state index < -0.39 is 0 Å². The molecule has 21 heavy (non-hydrogen) atoms. The van der Waals surface area contributed by atoms with Gasteiger partial charge in [-0.3, -0.25) is 20.9 Å². The van der Waals surface area contributed by atoms with Crippen molar-refractivity contribution >= 4 is 15.9 Å². The summed E-state index contributed by atoms with van der Waals surface area (Å²) in [4.78, 5) is 4.04. The van der Waals surface area contributed by atoms with Gasteiger partial charge < -0.3 is 0 Å². The fourth-order valence-electron chi connectivity index (χ4n) is 2.43. The maximum absolute atomic E-state index is 5.73. The Kier molecular flexibility index (Phi) is 5.90. The van der Waals surface area contributed by atoms with Crippen LogP contribution in [0.4, 0.5) is 0 Å². The molecule has 0 saturated heterocycles. The first-order valence-electron chi connectivity index (χ1n) is 7.22. The number of rotatable bonds is 7. The van der Waals surface area contributed by atoms with Crippen LogP contribution in [0, 0.1) is 6.92 Å². The minimum Gasteiger partial charge on any atom is -0.271 e. The van der Waals surface area contributed by atoms with Crippen molar-refractivity contribution < 1.29 is 0 Å². The number of aromatic nitrogens is 3. The van der Waals surface area contributed by atoms with E-state index in [1.165, 1.54) is 11.3 Å². The summed E-state index contributed by atoms with van der Waals surface area (Å²) in [5.41, 5.74) is 6.44. The largest absolute Gasteiger partial charge is 0.271 e. The van der Waals surface area contributed by atoms with Crippen molar-refractivity contribution in [2.75, 3.05) is 0 Å². The van der Waals surface area contributed by atoms with Gasteiger partial charge in [0, 0.05) is 31.4 Å². The first kappa shape index (κ1) is 16.1. The molecule has 0 bridgehead atoms. The number of nitrogens with one attached hydrogen (secondary N) is 1. The van der Waals surface area contributed by atoms with Crippen LogP contribution in [0.3, 0.4) is 0 Å². The lowest BCUT2D eigenvalue weighted by Gasteiger charge is -2.17. The number of aryl methyl sites for hydroxylation is 3. The summed E-state index contributed by atoms with van der Waals surface area (Å²) >= 11 is 3.64. The van der Waals surface area contributed by atoms with Gasteiger partial charge in [0.05, 0.1) is 15.9 Å². The monoisotopic (exact) mass is 351 g/mol. The molecule has 0 radical (unpaired) electrons. The Bertz CT molecular complexity index is 567. The zero-order chi connectivity index (χ0) is 15.2. The van der Waals surface area contributed by atoms with Crippen LogP contribution in [0.15, 0.2) is 29.0 Å². The lowest BCUT2D eigenvalue weighted by Crippen LogP contribution is -2.37. The Morgan fingerprint density at radius 3 is 2.71 bits per heavy atom. The number of halogens is 1. The lowest BCUT2D eigenvalue weighted by molar-refractivity contribution is 0.470. The molecule has 2 aromatic heterocycles. The number of nitrogens with zero attached hydrogens (tertiary/aromatic N) is 3. The summed E-state index contributed by atoms with van der Waals surface area (Å²) in [6.45, 7) is 4.98. The van der Waals surface area contributed by atoms with Gasteiger partial charge in [-0.25, -0.2) is 0 Å². The molecule has 0 fully saturated rings. The molecular formula is C15H22BrN5. The average molecular weight is 352 g/mol. The molecule has 2 heterocycles. The molecule has 0 saturated carbocycles. The molecule has 0 aromatic carbocycles. The Morgan fingerprint density at radius 2 is 2.10 bits per heavy atom. The predicted octanol–water partition coefficient (Wildman–Crippen LogP) is 2.38. The molecule has 1 atom stereocenters. The summed E-state index contributed by atoms with van der Waals surface area (Å²) in [7, 11) is 0. The van der Waals surface area contributed by atoms with Crippen LogP contribution in [0.1, 0.15) is 30.3 Å². The van der Waals surface area contributed by atoms with Crippen LogP contribution in [0.25, 0.3) is 0 Å². The second-order valence-electron chi connectivity index (χ2n) is 5.12. The lowest BCUT2D eigenvalue weighted by atomic mass is 10.0. The molecule has 114 valence electrons. The van der Waals surface area contributed by atoms with Gasteiger partial charge >= 0.3 is 0 Å². The van der Waals surface area contributed by atoms with E-state index >= 15 is 0 Å². The molecule has 2 rings (SSSR count). The Hall–Kier alpha value is -1.24. The van der Waals surface area contributed by atoms with Crippen molar-refractivity contribution in [3.63, 3.8) is 0 Å². The van der Waals surface area contributed by atoms with Crippen molar-refractivity contribution in [3.8, 4) is 0 Å². The topological polar surface area (TPSA) is 68.8 Å². The number of hydrogen-bond donors (Lipinski definition) is 2. The van der Waals surface area contributed by atoms with Crippen molar-refractivity contribution in [1.82, 2.24) is 20.2 Å². The van der Waals surface area contributed by atoms with Gasteiger partial charge in [-0.15, -0.1) is 0 Å². The quantitative estimate of drug-likeness (QED) is 0.593. The van der Waals surface area contributed by atoms with Gasteiger partial charge in [-0.2, -0.15) is 5.10 Å². The van der Waals surface area contributed by atoms with E-state index in [4.69, 9.17) is 5.84 Å². The average Bonchev–Trinajstić information content (AvgIpc) is 2.79. The summed E-state index contributed by atoms with van der Waals surface area (Å²) in [5, 5.41) is 4.53. The number of pyridine rings is 1. The molecule has 3 N–H and O–H groups in total. The fraction of sp³-hybridized carbons (Fsp3) is 0.467. The Balaban J connectivity index is 2.02. The SMILES string of the molecule is CCn1nc(C)c(Br)c1CC(CCc1ccncc1)NN. The smallest absolute Gasteiger partial charge is 0.0738 e. The van der Waals surface area contributed by atoms with Gasteiger partial charge in [0.2, 0.25) is 0 Å². The summed E-state index contributed by atoms with van der Waals surface area (Å²) in [6.07, 6.45) is 6.46. The van der Waals surface area contributed by atoms with Gasteiger partial charge in [0.25, 0.3) is 0 Å². The summed E-state index contributed by atoms with van der Waals surface area (Å²) in [6, 6.07) is 4.31. The van der Waals surface area contributed by atoms with Gasteiger partial charge in [0.15, 0.2) is 0 Å². The van der Waals surface area contributed by atoms with Crippen LogP contribution in [-0.2, 0) is 19.4 Å². The minimum absolute atomic E-state index is 0.218. The Morgan fingerprint density at radius 1 is 1.38 bits per heavy atom. The van der Waals surface area contributed by atoms with Crippen LogP contribution in [0.5, 0.6) is 0 Å². The highest BCUT2D eigenvalue weighted by Gasteiger charge is 2.16. The van der Waals surface area contributed by atoms with E-state index in [-0.39, 0.29) is 6.04 Å². The molecule has 0 aliphatic rings. The van der Waals surface area contributed by atoms with E-state index in [1.54, 1.807) is 0 Å². The van der Waals surface area contributed by atoms with E-state index in [1.807, 2.05) is 36.1 Å². The van der Waals surface area contributed by atoms with E-state index in [0.29, 0.717) is 0 Å². The zero-order valence-electron chi connectivity index (χ0n) is 12.5. The normalized spacial score (nSPS) is 12.6. The van der Waals surface area contributed by atoms with Crippen LogP contribution in [0.2, 0.25) is 0 Å². The third-order valence-corrected chi connectivity index (χ3v) is 4.69. The zero-order valence-corrected chi connectivity index (χ0v) is 14.1. The van der Waals surface area contributed by atoms with Gasteiger partial charge in [-0.1, -0.05) is 0 Å². The highest BCUT2D eigenvalue weighted by atomic mass is 79.9. The van der Waals surface area contributed by atoms with Crippen LogP contribution < -0.4 is 11.3 Å². The molecule has 0 amide bonds. The fourth-order valence-corrected chi connectivity index (χ4v) is 2.88. The Labute approximate surface area is 134 Å². The van der Waals surface area contributed by atoms with Crippen LogP contribution in [-0.4, -0.2) is 20.8 Å². The van der Waals surface area contributed by atoms with Crippen molar-refractivity contribution in [3.05, 3.63) is 46.0 Å². The molecule has 0 aliphatic heterocycles. The van der Waals surface area contributed by atoms with Gasteiger partial charge in [0.1, 0.15) is 0 Å². The predicted molar refractivity (Wildman–Crippen MR) is 87.7 cm³/mol. The maximum Gasteiger partial charge on any atom is 0.0738 e. The molecule has 2 aromatic rings. The van der Waals surface area contributed by atoms with E-state index in [0.717, 1.165) is 36.0 Å². The first-order valence-corrected chi connectivity index (χ1v) is 8.01. The maximum atomic E-state index is 5.73. The number of nitrogens with two attached hydrogens (primary N) is 1. The second-order valence-corrected chi connectivity index (χ2v) is 5.92. The van der Waals surface area contributed by atoms with Crippen molar-refractivity contribution in [1.29, 1.82) is 0 Å². The number of hydrazine groups is 1. The molecule has 0 spiro atoms. The van der Waals surface area contributed by atoms with Crippen molar-refractivity contribution in [2.45, 2.75) is 45.7 Å². The molecule has 1 unspecified atom stereocenters. The minimum atomic E-state index is 0.218. The number of hydrogen-bond acceptors (Lipinski definition) is 4. The first-order chi connectivity index (χ1) is 10.2.